The van der Waals surface area contributed by atoms with Gasteiger partial charge in [-0.1, -0.05) is 11.3 Å². The van der Waals surface area contributed by atoms with Crippen molar-refractivity contribution in [2.24, 2.45) is 0 Å². The van der Waals surface area contributed by atoms with Crippen molar-refractivity contribution < 1.29 is 30.6 Å². The van der Waals surface area contributed by atoms with E-state index in [2.05, 4.69) is 15.5 Å². The Labute approximate surface area is 107 Å². The molecule has 19 heavy (non-hydrogen) atoms. The summed E-state index contributed by atoms with van der Waals surface area (Å²) in [6, 6.07) is 3.21. The van der Waals surface area contributed by atoms with Crippen LogP contribution in [0.2, 0.25) is 0 Å². The lowest BCUT2D eigenvalue weighted by molar-refractivity contribution is -0.662. The number of benzene rings is 1. The third-order valence-corrected chi connectivity index (χ3v) is 4.10. The molecule has 1 aromatic carbocycles. The fourth-order valence-electron chi connectivity index (χ4n) is 1.45. The first-order valence-corrected chi connectivity index (χ1v) is 7.45. The topological polar surface area (TPSA) is 154 Å². The molecule has 0 amide bonds. The van der Waals surface area contributed by atoms with Gasteiger partial charge in [0.25, 0.3) is 26.6 Å². The first-order chi connectivity index (χ1) is 8.71. The first-order valence-electron chi connectivity index (χ1n) is 4.57. The predicted molar refractivity (Wildman–Crippen MR) is 57.5 cm³/mol. The minimum atomic E-state index is -4.91. The van der Waals surface area contributed by atoms with Crippen LogP contribution in [0.5, 0.6) is 0 Å². The lowest BCUT2D eigenvalue weighted by atomic mass is 10.3. The minimum Gasteiger partial charge on any atom is -0.282 e. The highest BCUT2D eigenvalue weighted by atomic mass is 32.2. The number of tetrazole rings is 1. The van der Waals surface area contributed by atoms with Crippen molar-refractivity contribution in [2.75, 3.05) is 0 Å². The molecule has 3 N–H and O–H groups in total. The Hall–Kier alpha value is -1.89. The van der Waals surface area contributed by atoms with Gasteiger partial charge < -0.3 is 0 Å². The monoisotopic (exact) mass is 307 g/mol. The van der Waals surface area contributed by atoms with Gasteiger partial charge in [0.15, 0.2) is 10.1 Å². The zero-order valence-electron chi connectivity index (χ0n) is 8.99. The number of nitrogens with zero attached hydrogens (tertiary/aromatic N) is 3. The van der Waals surface area contributed by atoms with E-state index in [1.54, 1.807) is 0 Å². The van der Waals surface area contributed by atoms with Gasteiger partial charge in [-0.2, -0.15) is 16.8 Å². The zero-order valence-corrected chi connectivity index (χ0v) is 10.6. The molecule has 0 saturated heterocycles. The van der Waals surface area contributed by atoms with Gasteiger partial charge in [0.2, 0.25) is 0 Å². The van der Waals surface area contributed by atoms with Gasteiger partial charge in [0, 0.05) is 0 Å². The number of rotatable bonds is 3. The highest BCUT2D eigenvalue weighted by Gasteiger charge is 2.30. The van der Waals surface area contributed by atoms with Gasteiger partial charge in [-0.05, 0) is 12.1 Å². The fraction of sp³-hybridized carbons (Fsp3) is 0. The normalized spacial score (nSPS) is 12.5. The summed E-state index contributed by atoms with van der Waals surface area (Å²) in [4.78, 5) is -1.93. The van der Waals surface area contributed by atoms with Gasteiger partial charge in [0.1, 0.15) is 15.7 Å². The highest BCUT2D eigenvalue weighted by Crippen LogP contribution is 2.24. The average molecular weight is 307 g/mol. The number of hydrogen-bond acceptors (Lipinski definition) is 6. The van der Waals surface area contributed by atoms with Crippen molar-refractivity contribution in [3.05, 3.63) is 24.5 Å². The second kappa shape index (κ2) is 4.34. The second-order valence-electron chi connectivity index (χ2n) is 3.36. The van der Waals surface area contributed by atoms with E-state index >= 15 is 0 Å². The fourth-order valence-corrected chi connectivity index (χ4v) is 3.42. The molecule has 0 aliphatic carbocycles. The molecule has 0 radical (unpaired) electrons. The summed E-state index contributed by atoms with van der Waals surface area (Å²) >= 11 is 0. The lowest BCUT2D eigenvalue weighted by Gasteiger charge is -2.07. The number of hydrogen-bond donors (Lipinski definition) is 3. The molecule has 0 unspecified atom stereocenters. The van der Waals surface area contributed by atoms with Crippen molar-refractivity contribution in [1.29, 1.82) is 0 Å². The molecule has 102 valence electrons. The van der Waals surface area contributed by atoms with Crippen molar-refractivity contribution in [3.63, 3.8) is 0 Å². The van der Waals surface area contributed by atoms with Crippen LogP contribution in [0.15, 0.2) is 34.3 Å². The molecule has 0 spiro atoms. The van der Waals surface area contributed by atoms with E-state index in [1.807, 2.05) is 0 Å². The van der Waals surface area contributed by atoms with Crippen LogP contribution in [0.3, 0.4) is 0 Å². The maximum absolute atomic E-state index is 11.3. The van der Waals surface area contributed by atoms with Crippen LogP contribution in [-0.2, 0) is 20.2 Å². The molecule has 0 saturated carbocycles. The van der Waals surface area contributed by atoms with Gasteiger partial charge in [-0.3, -0.25) is 9.11 Å². The van der Waals surface area contributed by atoms with Crippen molar-refractivity contribution in [1.82, 2.24) is 15.5 Å². The maximum atomic E-state index is 11.3. The van der Waals surface area contributed by atoms with Gasteiger partial charge in [0.05, 0.1) is 0 Å². The van der Waals surface area contributed by atoms with E-state index in [0.717, 1.165) is 17.1 Å². The molecule has 2 aromatic rings. The Balaban J connectivity index is 2.92. The van der Waals surface area contributed by atoms with Crippen LogP contribution in [0.4, 0.5) is 0 Å². The molecule has 2 rings (SSSR count). The molecule has 0 bridgehead atoms. The second-order valence-corrected chi connectivity index (χ2v) is 6.10. The SMILES string of the molecule is O=S(=O)(O)c1cccc(-[n+]2cnn[nH]2)c1S(=O)(=O)O. The average Bonchev–Trinajstić information content (AvgIpc) is 2.79. The van der Waals surface area contributed by atoms with Gasteiger partial charge in [-0.15, -0.1) is 4.68 Å². The molecule has 0 aliphatic heterocycles. The summed E-state index contributed by atoms with van der Waals surface area (Å²) in [5, 5.41) is 8.94. The number of aromatic amines is 1. The highest BCUT2D eigenvalue weighted by molar-refractivity contribution is 7.89. The molecule has 0 aliphatic rings. The minimum absolute atomic E-state index is 0.261. The van der Waals surface area contributed by atoms with Crippen molar-refractivity contribution >= 4 is 20.2 Å². The molecule has 0 fully saturated rings. The molecule has 0 atom stereocenters. The zero-order chi connectivity index (χ0) is 14.3. The summed E-state index contributed by atoms with van der Waals surface area (Å²) in [5.41, 5.74) is -0.261. The van der Waals surface area contributed by atoms with Crippen LogP contribution in [0.1, 0.15) is 0 Å². The summed E-state index contributed by atoms with van der Waals surface area (Å²) < 4.78 is 64.1. The maximum Gasteiger partial charge on any atom is 0.299 e. The Morgan fingerprint density at radius 1 is 1.11 bits per heavy atom. The van der Waals surface area contributed by atoms with Gasteiger partial charge in [-0.25, -0.2) is 0 Å². The van der Waals surface area contributed by atoms with Crippen LogP contribution in [-0.4, -0.2) is 41.5 Å². The van der Waals surface area contributed by atoms with Crippen LogP contribution < -0.4 is 4.68 Å². The number of H-pyrrole nitrogens is 1. The van der Waals surface area contributed by atoms with E-state index in [-0.39, 0.29) is 5.69 Å². The molecule has 1 aromatic heterocycles. The predicted octanol–water partition coefficient (Wildman–Crippen LogP) is -1.43. The Bertz CT molecular complexity index is 811. The Morgan fingerprint density at radius 2 is 1.79 bits per heavy atom. The lowest BCUT2D eigenvalue weighted by Crippen LogP contribution is -2.34. The first kappa shape index (κ1) is 13.5. The number of nitrogens with one attached hydrogen (secondary N) is 1. The Morgan fingerprint density at radius 3 is 2.26 bits per heavy atom. The summed E-state index contributed by atoms with van der Waals surface area (Å²) in [6.45, 7) is 0. The van der Waals surface area contributed by atoms with Gasteiger partial charge >= 0.3 is 0 Å². The van der Waals surface area contributed by atoms with Crippen molar-refractivity contribution in [3.8, 4) is 5.69 Å². The van der Waals surface area contributed by atoms with Crippen LogP contribution >= 0.6 is 0 Å². The van der Waals surface area contributed by atoms with E-state index in [9.17, 15) is 16.8 Å². The molecule has 1 heterocycles. The molecule has 12 heteroatoms. The smallest absolute Gasteiger partial charge is 0.282 e. The van der Waals surface area contributed by atoms with Crippen molar-refractivity contribution in [2.45, 2.75) is 9.79 Å². The van der Waals surface area contributed by atoms with E-state index in [1.165, 1.54) is 12.1 Å². The van der Waals surface area contributed by atoms with E-state index < -0.39 is 30.0 Å². The standard InChI is InChI=1S/C7H6N4O6S2/c12-18(13,14)6-3-1-2-5(7(6)19(15,16)17)11-4-8-9-10-11/h1-4H,(H2,12,13,14,15,16,17)/p+1. The number of aromatic nitrogens is 4. The van der Waals surface area contributed by atoms with Crippen LogP contribution in [0, 0.1) is 0 Å². The third-order valence-electron chi connectivity index (χ3n) is 2.13. The Kier molecular flexibility index (Phi) is 3.09. The van der Waals surface area contributed by atoms with E-state index in [0.29, 0.717) is 0 Å². The van der Waals surface area contributed by atoms with E-state index in [4.69, 9.17) is 9.11 Å². The quantitative estimate of drug-likeness (QED) is 0.461. The largest absolute Gasteiger partial charge is 0.299 e. The molecular formula is C7H7N4O6S2+. The summed E-state index contributed by atoms with van der Waals surface area (Å²) in [7, 11) is -9.75. The summed E-state index contributed by atoms with van der Waals surface area (Å²) in [5.74, 6) is 0. The molecule has 10 nitrogen and oxygen atoms in total. The van der Waals surface area contributed by atoms with Crippen LogP contribution in [0.25, 0.3) is 5.69 Å². The molecular weight excluding hydrogens is 300 g/mol. The third kappa shape index (κ3) is 2.60. The summed E-state index contributed by atoms with van der Waals surface area (Å²) in [6.07, 6.45) is 1.05.